The van der Waals surface area contributed by atoms with Crippen molar-refractivity contribution in [3.8, 4) is 0 Å². The molecule has 1 amide bonds. The highest BCUT2D eigenvalue weighted by molar-refractivity contribution is 7.98. The van der Waals surface area contributed by atoms with Gasteiger partial charge in [0.15, 0.2) is 0 Å². The van der Waals surface area contributed by atoms with E-state index < -0.39 is 18.1 Å². The third kappa shape index (κ3) is 3.07. The molecule has 0 unspecified atom stereocenters. The normalized spacial score (nSPS) is 19.8. The lowest BCUT2D eigenvalue weighted by atomic mass is 9.88. The van der Waals surface area contributed by atoms with Crippen molar-refractivity contribution in [3.05, 3.63) is 35.9 Å². The van der Waals surface area contributed by atoms with Crippen LogP contribution in [-0.2, 0) is 9.53 Å². The van der Waals surface area contributed by atoms with E-state index in [9.17, 15) is 14.7 Å². The molecule has 0 aromatic heterocycles. The molecule has 6 heteroatoms. The van der Waals surface area contributed by atoms with Gasteiger partial charge in [-0.2, -0.15) is 11.8 Å². The third-order valence-corrected chi connectivity index (χ3v) is 3.96. The first-order chi connectivity index (χ1) is 9.65. The van der Waals surface area contributed by atoms with Crippen LogP contribution in [-0.4, -0.2) is 46.7 Å². The number of aliphatic carboxylic acids is 1. The van der Waals surface area contributed by atoms with Gasteiger partial charge in [-0.25, -0.2) is 9.59 Å². The number of hydrogen-bond donors (Lipinski definition) is 1. The molecule has 2 atom stereocenters. The van der Waals surface area contributed by atoms with Crippen molar-refractivity contribution in [2.24, 2.45) is 0 Å². The molecule has 1 saturated heterocycles. The molecule has 0 bridgehead atoms. The van der Waals surface area contributed by atoms with E-state index in [0.29, 0.717) is 12.2 Å². The Hall–Kier alpha value is -1.69. The van der Waals surface area contributed by atoms with Gasteiger partial charge in [0.2, 0.25) is 0 Å². The number of carboxylic acids is 1. The summed E-state index contributed by atoms with van der Waals surface area (Å²) >= 11 is 1.56. The van der Waals surface area contributed by atoms with Gasteiger partial charge in [-0.1, -0.05) is 30.3 Å². The Morgan fingerprint density at radius 2 is 2.20 bits per heavy atom. The van der Waals surface area contributed by atoms with Crippen LogP contribution in [0.5, 0.6) is 0 Å². The zero-order valence-electron chi connectivity index (χ0n) is 11.2. The predicted molar refractivity (Wildman–Crippen MR) is 76.8 cm³/mol. The van der Waals surface area contributed by atoms with Crippen LogP contribution in [0.4, 0.5) is 4.79 Å². The van der Waals surface area contributed by atoms with Crippen LogP contribution < -0.4 is 0 Å². The van der Waals surface area contributed by atoms with Crippen LogP contribution in [0.15, 0.2) is 30.3 Å². The van der Waals surface area contributed by atoms with E-state index in [1.807, 2.05) is 36.6 Å². The number of carbonyl (C=O) groups excluding carboxylic acids is 1. The Morgan fingerprint density at radius 1 is 1.50 bits per heavy atom. The summed E-state index contributed by atoms with van der Waals surface area (Å²) in [5.41, 5.74) is 0.897. The number of amides is 1. The lowest BCUT2D eigenvalue weighted by molar-refractivity contribution is -0.142. The second kappa shape index (κ2) is 6.65. The zero-order valence-corrected chi connectivity index (χ0v) is 12.0. The van der Waals surface area contributed by atoms with Gasteiger partial charge in [-0.15, -0.1) is 0 Å². The fourth-order valence-electron chi connectivity index (χ4n) is 2.32. The number of carboxylic acid groups (broad SMARTS) is 1. The molecule has 0 spiro atoms. The molecule has 0 aliphatic carbocycles. The standard InChI is InChI=1S/C14H17NO4S/c1-20-8-7-11(13(16)17)15-12(9-19-14(15)18)10-5-3-2-4-6-10/h2-6,11-12H,7-9H2,1H3,(H,16,17)/t11-,12+/m0/s1/i13-1. The molecule has 0 radical (unpaired) electrons. The summed E-state index contributed by atoms with van der Waals surface area (Å²) in [5, 5.41) is 9.38. The summed E-state index contributed by atoms with van der Waals surface area (Å²) in [7, 11) is 0. The number of hydrogen-bond acceptors (Lipinski definition) is 4. The van der Waals surface area contributed by atoms with Crippen molar-refractivity contribution in [2.45, 2.75) is 18.5 Å². The summed E-state index contributed by atoms with van der Waals surface area (Å²) in [4.78, 5) is 24.7. The highest BCUT2D eigenvalue weighted by atomic mass is 32.2. The number of rotatable bonds is 6. The van der Waals surface area contributed by atoms with E-state index >= 15 is 0 Å². The van der Waals surface area contributed by atoms with Gasteiger partial charge in [0.25, 0.3) is 0 Å². The van der Waals surface area contributed by atoms with Crippen LogP contribution in [0.1, 0.15) is 18.0 Å². The molecule has 1 aromatic rings. The Labute approximate surface area is 121 Å². The average molecular weight is 294 g/mol. The number of benzene rings is 1. The van der Waals surface area contributed by atoms with Crippen LogP contribution in [0.2, 0.25) is 0 Å². The maximum Gasteiger partial charge on any atom is 0.411 e. The van der Waals surface area contributed by atoms with Crippen LogP contribution >= 0.6 is 11.8 Å². The van der Waals surface area contributed by atoms with Crippen molar-refractivity contribution in [1.29, 1.82) is 0 Å². The molecule has 0 saturated carbocycles. The van der Waals surface area contributed by atoms with Gasteiger partial charge in [0, 0.05) is 0 Å². The largest absolute Gasteiger partial charge is 0.480 e. The lowest BCUT2D eigenvalue weighted by Crippen LogP contribution is -2.43. The third-order valence-electron chi connectivity index (χ3n) is 3.31. The van der Waals surface area contributed by atoms with Crippen molar-refractivity contribution in [1.82, 2.24) is 4.90 Å². The van der Waals surface area contributed by atoms with E-state index in [1.54, 1.807) is 11.8 Å². The maximum atomic E-state index is 11.9. The van der Waals surface area contributed by atoms with E-state index in [1.165, 1.54) is 4.90 Å². The molecule has 1 aliphatic heterocycles. The van der Waals surface area contributed by atoms with Crippen LogP contribution in [0.25, 0.3) is 0 Å². The van der Waals surface area contributed by atoms with Crippen LogP contribution in [0, 0.1) is 0 Å². The summed E-state index contributed by atoms with van der Waals surface area (Å²) in [5.74, 6) is -0.304. The van der Waals surface area contributed by atoms with Gasteiger partial charge in [0.05, 0.1) is 6.04 Å². The SMILES string of the molecule is CSCC[C@@H]([11C](=O)O)N1C(=O)OC[C@@H]1c1ccccc1. The Morgan fingerprint density at radius 3 is 2.80 bits per heavy atom. The van der Waals surface area contributed by atoms with Gasteiger partial charge in [-0.05, 0) is 24.0 Å². The number of thioether (sulfide) groups is 1. The first kappa shape index (κ1) is 14.7. The quantitative estimate of drug-likeness (QED) is 0.872. The molecule has 2 rings (SSSR count). The molecule has 108 valence electrons. The molecule has 1 N–H and O–H groups in total. The molecule has 20 heavy (non-hydrogen) atoms. The molecule has 1 fully saturated rings. The minimum absolute atomic E-state index is 0.200. The van der Waals surface area contributed by atoms with Crippen molar-refractivity contribution in [2.75, 3.05) is 18.6 Å². The van der Waals surface area contributed by atoms with Gasteiger partial charge < -0.3 is 9.84 Å². The predicted octanol–water partition coefficient (Wildman–Crippen LogP) is 2.39. The zero-order chi connectivity index (χ0) is 14.5. The van der Waals surface area contributed by atoms with E-state index in [0.717, 1.165) is 5.56 Å². The van der Waals surface area contributed by atoms with Crippen molar-refractivity contribution < 1.29 is 19.4 Å². The molecule has 1 aliphatic rings. The van der Waals surface area contributed by atoms with Gasteiger partial charge in [0.1, 0.15) is 12.6 Å². The highest BCUT2D eigenvalue weighted by Gasteiger charge is 2.41. The summed E-state index contributed by atoms with van der Waals surface area (Å²) in [6, 6.07) is 8.21. The van der Waals surface area contributed by atoms with Crippen molar-refractivity contribution in [3.63, 3.8) is 0 Å². The minimum Gasteiger partial charge on any atom is -0.480 e. The van der Waals surface area contributed by atoms with Crippen molar-refractivity contribution >= 4 is 23.8 Å². The topological polar surface area (TPSA) is 66.8 Å². The molecule has 5 nitrogen and oxygen atoms in total. The Bertz CT molecular complexity index is 479. The minimum atomic E-state index is -0.987. The second-order valence-electron chi connectivity index (χ2n) is 4.55. The fourth-order valence-corrected chi connectivity index (χ4v) is 2.78. The van der Waals surface area contributed by atoms with Crippen LogP contribution in [0.3, 0.4) is 0 Å². The maximum absolute atomic E-state index is 11.9. The van der Waals surface area contributed by atoms with E-state index in [-0.39, 0.29) is 12.6 Å². The van der Waals surface area contributed by atoms with E-state index in [4.69, 9.17) is 4.74 Å². The summed E-state index contributed by atoms with van der Waals surface area (Å²) in [6.07, 6.45) is 1.78. The summed E-state index contributed by atoms with van der Waals surface area (Å²) in [6.45, 7) is 0.200. The monoisotopic (exact) mass is 294 g/mol. The number of ether oxygens (including phenoxy) is 1. The molecule has 1 aromatic carbocycles. The number of nitrogens with zero attached hydrogens (tertiary/aromatic N) is 1. The van der Waals surface area contributed by atoms with E-state index in [2.05, 4.69) is 0 Å². The lowest BCUT2D eigenvalue weighted by Gasteiger charge is -2.27. The van der Waals surface area contributed by atoms with Gasteiger partial charge in [-0.3, -0.25) is 4.90 Å². The fraction of sp³-hybridized carbons (Fsp3) is 0.429. The number of carbonyl (C=O) groups is 2. The Kier molecular flexibility index (Phi) is 4.89. The smallest absolute Gasteiger partial charge is 0.411 e. The Balaban J connectivity index is 2.24. The molecular weight excluding hydrogens is 277 g/mol. The van der Waals surface area contributed by atoms with Gasteiger partial charge >= 0.3 is 12.1 Å². The molecule has 1 heterocycles. The first-order valence-electron chi connectivity index (χ1n) is 6.37. The molecular formula is C14H17NO4S. The average Bonchev–Trinajstić information content (AvgIpc) is 2.82. The first-order valence-corrected chi connectivity index (χ1v) is 7.76. The second-order valence-corrected chi connectivity index (χ2v) is 5.53. The highest BCUT2D eigenvalue weighted by Crippen LogP contribution is 2.31. The number of cyclic esters (lactones) is 1. The summed E-state index contributed by atoms with van der Waals surface area (Å²) < 4.78 is 5.06.